The van der Waals surface area contributed by atoms with E-state index in [-0.39, 0.29) is 10.8 Å². The Morgan fingerprint density at radius 1 is 0.973 bits per heavy atom. The van der Waals surface area contributed by atoms with Gasteiger partial charge >= 0.3 is 0 Å². The molecular formula is C27H35N5O3S2. The Hall–Kier alpha value is -2.53. The number of fused-ring (bicyclic) bond motifs is 1. The fourth-order valence-corrected chi connectivity index (χ4v) is 7.62. The summed E-state index contributed by atoms with van der Waals surface area (Å²) in [5.41, 5.74) is 2.91. The Morgan fingerprint density at radius 3 is 2.41 bits per heavy atom. The molecule has 2 saturated heterocycles. The zero-order valence-electron chi connectivity index (χ0n) is 21.4. The summed E-state index contributed by atoms with van der Waals surface area (Å²) in [4.78, 5) is 22.5. The number of rotatable bonds is 8. The van der Waals surface area contributed by atoms with Gasteiger partial charge < -0.3 is 10.2 Å². The molecule has 2 aliphatic rings. The van der Waals surface area contributed by atoms with Crippen LogP contribution in [0.4, 0.5) is 5.13 Å². The average molecular weight is 542 g/mol. The number of piperidine rings is 1. The van der Waals surface area contributed by atoms with Crippen molar-refractivity contribution in [3.63, 3.8) is 0 Å². The molecule has 0 radical (unpaired) electrons. The molecule has 10 heteroatoms. The van der Waals surface area contributed by atoms with E-state index in [0.717, 1.165) is 69.1 Å². The maximum absolute atomic E-state index is 12.8. The predicted molar refractivity (Wildman–Crippen MR) is 149 cm³/mol. The highest BCUT2D eigenvalue weighted by molar-refractivity contribution is 7.89. The number of carbonyl (C=O) groups is 1. The molecule has 37 heavy (non-hydrogen) atoms. The molecule has 0 aliphatic carbocycles. The van der Waals surface area contributed by atoms with E-state index in [1.807, 2.05) is 0 Å². The van der Waals surface area contributed by atoms with Gasteiger partial charge in [0.25, 0.3) is 5.91 Å². The number of hydrogen-bond acceptors (Lipinski definition) is 7. The molecular weight excluding hydrogens is 506 g/mol. The lowest BCUT2D eigenvalue weighted by Crippen LogP contribution is -2.48. The molecule has 1 N–H and O–H groups in total. The molecule has 198 valence electrons. The number of hydrogen-bond donors (Lipinski definition) is 1. The third-order valence-electron chi connectivity index (χ3n) is 7.30. The van der Waals surface area contributed by atoms with Gasteiger partial charge in [-0.25, -0.2) is 13.4 Å². The van der Waals surface area contributed by atoms with Gasteiger partial charge in [-0.3, -0.25) is 9.69 Å². The van der Waals surface area contributed by atoms with E-state index in [9.17, 15) is 13.2 Å². The van der Waals surface area contributed by atoms with Gasteiger partial charge in [-0.05, 0) is 55.2 Å². The van der Waals surface area contributed by atoms with Crippen LogP contribution in [0, 0.1) is 0 Å². The number of nitrogens with zero attached hydrogens (tertiary/aromatic N) is 4. The van der Waals surface area contributed by atoms with E-state index in [0.29, 0.717) is 25.2 Å². The van der Waals surface area contributed by atoms with E-state index < -0.39 is 10.0 Å². The van der Waals surface area contributed by atoms with Crippen molar-refractivity contribution in [2.75, 3.05) is 57.3 Å². The Labute approximate surface area is 223 Å². The second-order valence-electron chi connectivity index (χ2n) is 9.69. The summed E-state index contributed by atoms with van der Waals surface area (Å²) in [6, 6.07) is 12.7. The SMILES string of the molecule is CCc1cccc2sc(N3CCN(CCNC(=O)c4ccc(S(=O)(=O)N5CCCCC5)cc4)CC3)nc12. The summed E-state index contributed by atoms with van der Waals surface area (Å²) in [6.45, 7) is 8.32. The second kappa shape index (κ2) is 11.5. The fraction of sp³-hybridized carbons (Fsp3) is 0.481. The maximum Gasteiger partial charge on any atom is 0.251 e. The number of para-hydroxylation sites is 1. The molecule has 0 saturated carbocycles. The van der Waals surface area contributed by atoms with Crippen LogP contribution in [0.1, 0.15) is 42.1 Å². The van der Waals surface area contributed by atoms with Crippen LogP contribution in [0.25, 0.3) is 10.2 Å². The number of thiazole rings is 1. The Kier molecular flexibility index (Phi) is 8.09. The molecule has 5 rings (SSSR count). The van der Waals surface area contributed by atoms with Crippen molar-refractivity contribution in [3.05, 3.63) is 53.6 Å². The number of benzene rings is 2. The van der Waals surface area contributed by atoms with E-state index in [2.05, 4.69) is 40.2 Å². The van der Waals surface area contributed by atoms with Crippen LogP contribution >= 0.6 is 11.3 Å². The number of amides is 1. The van der Waals surface area contributed by atoms with Gasteiger partial charge in [0.15, 0.2) is 5.13 Å². The molecule has 8 nitrogen and oxygen atoms in total. The minimum absolute atomic E-state index is 0.179. The van der Waals surface area contributed by atoms with Crippen molar-refractivity contribution >= 4 is 42.6 Å². The third kappa shape index (κ3) is 5.82. The predicted octanol–water partition coefficient (Wildman–Crippen LogP) is 3.59. The van der Waals surface area contributed by atoms with E-state index in [1.54, 1.807) is 39.9 Å². The first kappa shape index (κ1) is 26.1. The summed E-state index contributed by atoms with van der Waals surface area (Å²) < 4.78 is 28.4. The highest BCUT2D eigenvalue weighted by atomic mass is 32.2. The number of aromatic nitrogens is 1. The van der Waals surface area contributed by atoms with Gasteiger partial charge in [-0.1, -0.05) is 36.8 Å². The first-order valence-corrected chi connectivity index (χ1v) is 15.5. The van der Waals surface area contributed by atoms with Crippen LogP contribution in [0.15, 0.2) is 47.4 Å². The molecule has 2 aromatic carbocycles. The number of sulfonamides is 1. The zero-order chi connectivity index (χ0) is 25.8. The van der Waals surface area contributed by atoms with Crippen LogP contribution in [0.5, 0.6) is 0 Å². The lowest BCUT2D eigenvalue weighted by atomic mass is 10.1. The standard InChI is InChI=1S/C27H35N5O3S2/c1-2-21-7-6-8-24-25(21)29-27(36-24)31-19-17-30(18-20-31)16-13-28-26(33)22-9-11-23(12-10-22)37(34,35)32-14-4-3-5-15-32/h6-12H,2-5,13-20H2,1H3,(H,28,33). The summed E-state index contributed by atoms with van der Waals surface area (Å²) in [5.74, 6) is -0.179. The van der Waals surface area contributed by atoms with E-state index in [1.165, 1.54) is 10.3 Å². The number of anilines is 1. The van der Waals surface area contributed by atoms with Crippen LogP contribution in [-0.4, -0.2) is 80.9 Å². The molecule has 3 aromatic rings. The van der Waals surface area contributed by atoms with Gasteiger partial charge in [0.1, 0.15) is 0 Å². The zero-order valence-corrected chi connectivity index (χ0v) is 23.0. The first-order valence-electron chi connectivity index (χ1n) is 13.2. The van der Waals surface area contributed by atoms with Crippen molar-refractivity contribution in [3.8, 4) is 0 Å². The first-order chi connectivity index (χ1) is 18.0. The Bertz CT molecular complexity index is 1330. The van der Waals surface area contributed by atoms with Crippen LogP contribution in [0.3, 0.4) is 0 Å². The summed E-state index contributed by atoms with van der Waals surface area (Å²) in [7, 11) is -3.48. The summed E-state index contributed by atoms with van der Waals surface area (Å²) in [6.07, 6.45) is 3.86. The minimum atomic E-state index is -3.48. The van der Waals surface area contributed by atoms with Crippen molar-refractivity contribution in [1.82, 2.24) is 19.5 Å². The molecule has 1 amide bonds. The smallest absolute Gasteiger partial charge is 0.251 e. The molecule has 1 aromatic heterocycles. The number of carbonyl (C=O) groups excluding carboxylic acids is 1. The van der Waals surface area contributed by atoms with Gasteiger partial charge in [0.2, 0.25) is 10.0 Å². The fourth-order valence-electron chi connectivity index (χ4n) is 5.04. The molecule has 2 fully saturated rings. The molecule has 0 atom stereocenters. The van der Waals surface area contributed by atoms with Crippen LogP contribution < -0.4 is 10.2 Å². The average Bonchev–Trinajstić information content (AvgIpc) is 3.38. The van der Waals surface area contributed by atoms with Gasteiger partial charge in [-0.2, -0.15) is 4.31 Å². The van der Waals surface area contributed by atoms with Crippen molar-refractivity contribution in [2.24, 2.45) is 0 Å². The monoisotopic (exact) mass is 541 g/mol. The Morgan fingerprint density at radius 2 is 1.70 bits per heavy atom. The highest BCUT2D eigenvalue weighted by Gasteiger charge is 2.26. The van der Waals surface area contributed by atoms with Crippen LogP contribution in [-0.2, 0) is 16.4 Å². The largest absolute Gasteiger partial charge is 0.351 e. The van der Waals surface area contributed by atoms with Crippen molar-refractivity contribution in [1.29, 1.82) is 0 Å². The molecule has 0 unspecified atom stereocenters. The van der Waals surface area contributed by atoms with E-state index in [4.69, 9.17) is 4.98 Å². The molecule has 0 spiro atoms. The molecule has 3 heterocycles. The lowest BCUT2D eigenvalue weighted by Gasteiger charge is -2.34. The topological polar surface area (TPSA) is 85.8 Å². The number of nitrogens with one attached hydrogen (secondary N) is 1. The normalized spacial score (nSPS) is 17.8. The third-order valence-corrected chi connectivity index (χ3v) is 10.3. The quantitative estimate of drug-likeness (QED) is 0.469. The summed E-state index contributed by atoms with van der Waals surface area (Å²) in [5, 5.41) is 4.07. The van der Waals surface area contributed by atoms with Crippen molar-refractivity contribution < 1.29 is 13.2 Å². The number of piperazine rings is 1. The molecule has 2 aliphatic heterocycles. The highest BCUT2D eigenvalue weighted by Crippen LogP contribution is 2.31. The van der Waals surface area contributed by atoms with E-state index >= 15 is 0 Å². The van der Waals surface area contributed by atoms with Gasteiger partial charge in [-0.15, -0.1) is 0 Å². The number of aryl methyl sites for hydroxylation is 1. The van der Waals surface area contributed by atoms with Crippen molar-refractivity contribution in [2.45, 2.75) is 37.5 Å². The molecule has 0 bridgehead atoms. The maximum atomic E-state index is 12.8. The second-order valence-corrected chi connectivity index (χ2v) is 12.6. The Balaban J connectivity index is 1.08. The van der Waals surface area contributed by atoms with Gasteiger partial charge in [0, 0.05) is 57.9 Å². The van der Waals surface area contributed by atoms with Gasteiger partial charge in [0.05, 0.1) is 15.1 Å². The minimum Gasteiger partial charge on any atom is -0.351 e. The van der Waals surface area contributed by atoms with Crippen LogP contribution in [0.2, 0.25) is 0 Å². The summed E-state index contributed by atoms with van der Waals surface area (Å²) >= 11 is 1.76. The lowest BCUT2D eigenvalue weighted by molar-refractivity contribution is 0.0947.